The zero-order valence-corrected chi connectivity index (χ0v) is 18.3. The van der Waals surface area contributed by atoms with Crippen LogP contribution in [-0.2, 0) is 4.79 Å². The molecule has 30 heavy (non-hydrogen) atoms. The van der Waals surface area contributed by atoms with E-state index in [4.69, 9.17) is 4.74 Å². The third-order valence-corrected chi connectivity index (χ3v) is 6.58. The molecule has 0 saturated heterocycles. The van der Waals surface area contributed by atoms with Crippen LogP contribution in [0.4, 0.5) is 5.69 Å². The van der Waals surface area contributed by atoms with Crippen molar-refractivity contribution in [2.45, 2.75) is 32.2 Å². The number of ether oxygens (including phenoxy) is 1. The molecule has 0 bridgehead atoms. The molecule has 0 aromatic heterocycles. The highest BCUT2D eigenvalue weighted by molar-refractivity contribution is 9.10. The van der Waals surface area contributed by atoms with Gasteiger partial charge in [-0.15, -0.1) is 0 Å². The van der Waals surface area contributed by atoms with Crippen LogP contribution in [0.15, 0.2) is 58.6 Å². The van der Waals surface area contributed by atoms with Gasteiger partial charge in [0.25, 0.3) is 0 Å². The molecule has 1 atom stereocenters. The highest BCUT2D eigenvalue weighted by Gasteiger charge is 2.35. The first kappa shape index (κ1) is 19.2. The van der Waals surface area contributed by atoms with E-state index < -0.39 is 0 Å². The van der Waals surface area contributed by atoms with Crippen LogP contribution >= 0.6 is 15.9 Å². The van der Waals surface area contributed by atoms with E-state index in [-0.39, 0.29) is 17.6 Å². The summed E-state index contributed by atoms with van der Waals surface area (Å²) in [5.74, 6) is 0.680. The Morgan fingerprint density at radius 2 is 2.00 bits per heavy atom. The van der Waals surface area contributed by atoms with E-state index in [0.29, 0.717) is 23.2 Å². The normalized spacial score (nSPS) is 18.1. The minimum Gasteiger partial charge on any atom is -0.503 e. The van der Waals surface area contributed by atoms with Crippen molar-refractivity contribution in [3.63, 3.8) is 0 Å². The molecule has 1 aliphatic carbocycles. The van der Waals surface area contributed by atoms with Crippen LogP contribution in [0.3, 0.4) is 0 Å². The van der Waals surface area contributed by atoms with Crippen LogP contribution < -0.4 is 10.1 Å². The van der Waals surface area contributed by atoms with Crippen molar-refractivity contribution in [1.82, 2.24) is 0 Å². The van der Waals surface area contributed by atoms with E-state index in [1.54, 1.807) is 0 Å². The van der Waals surface area contributed by atoms with Gasteiger partial charge in [-0.1, -0.05) is 36.4 Å². The second kappa shape index (κ2) is 7.47. The van der Waals surface area contributed by atoms with Crippen LogP contribution in [0, 0.1) is 0 Å². The first-order chi connectivity index (χ1) is 14.6. The van der Waals surface area contributed by atoms with Crippen molar-refractivity contribution in [3.8, 4) is 11.5 Å². The average Bonchev–Trinajstić information content (AvgIpc) is 2.76. The number of nitrogens with one attached hydrogen (secondary N) is 1. The molecular weight excluding hydrogens is 442 g/mol. The molecule has 0 fully saturated rings. The number of anilines is 1. The zero-order chi connectivity index (χ0) is 20.8. The minimum atomic E-state index is -0.290. The fourth-order valence-corrected chi connectivity index (χ4v) is 5.11. The molecule has 0 spiro atoms. The number of aromatic hydroxyl groups is 1. The van der Waals surface area contributed by atoms with Crippen molar-refractivity contribution in [2.75, 3.05) is 11.9 Å². The Morgan fingerprint density at radius 1 is 1.17 bits per heavy atom. The Labute approximate surface area is 183 Å². The molecule has 1 aliphatic heterocycles. The van der Waals surface area contributed by atoms with Crippen LogP contribution in [0.25, 0.3) is 16.3 Å². The lowest BCUT2D eigenvalue weighted by molar-refractivity contribution is -0.116. The number of phenols is 1. The van der Waals surface area contributed by atoms with Gasteiger partial charge in [0.15, 0.2) is 17.3 Å². The number of allylic oxidation sites excluding steroid dienone is 1. The molecule has 2 N–H and O–H groups in total. The van der Waals surface area contributed by atoms with Crippen molar-refractivity contribution in [1.29, 1.82) is 0 Å². The number of rotatable bonds is 3. The Kier molecular flexibility index (Phi) is 4.78. The Balaban J connectivity index is 1.75. The number of ketones is 1. The standard InChI is InChI=1S/C25H22BrNO3/c1-2-30-21-13-15(12-19(26)25(21)29)23-22-17(8-5-9-20(22)28)18-11-10-14-6-3-4-7-16(14)24(18)27-23/h3-4,6-7,10-13,23,27,29H,2,5,8-9H2,1H3/t23-/m1/s1. The van der Waals surface area contributed by atoms with Gasteiger partial charge in [-0.2, -0.15) is 0 Å². The maximum Gasteiger partial charge on any atom is 0.172 e. The van der Waals surface area contributed by atoms with Gasteiger partial charge in [0, 0.05) is 22.9 Å². The molecule has 0 amide bonds. The number of fused-ring (bicyclic) bond motifs is 4. The van der Waals surface area contributed by atoms with Crippen molar-refractivity contribution >= 4 is 43.7 Å². The molecule has 0 radical (unpaired) electrons. The molecule has 3 aromatic carbocycles. The molecule has 1 heterocycles. The molecule has 0 saturated carbocycles. The lowest BCUT2D eigenvalue weighted by Crippen LogP contribution is -2.27. The summed E-state index contributed by atoms with van der Waals surface area (Å²) in [7, 11) is 0. The average molecular weight is 464 g/mol. The third kappa shape index (κ3) is 3.00. The van der Waals surface area contributed by atoms with Gasteiger partial charge in [0.05, 0.1) is 22.8 Å². The highest BCUT2D eigenvalue weighted by Crippen LogP contribution is 2.49. The van der Waals surface area contributed by atoms with Gasteiger partial charge >= 0.3 is 0 Å². The molecule has 5 heteroatoms. The van der Waals surface area contributed by atoms with E-state index in [9.17, 15) is 9.90 Å². The predicted octanol–water partition coefficient (Wildman–Crippen LogP) is 6.38. The summed E-state index contributed by atoms with van der Waals surface area (Å²) in [5.41, 5.74) is 5.05. The summed E-state index contributed by atoms with van der Waals surface area (Å²) in [5, 5.41) is 16.3. The SMILES string of the molecule is CCOc1cc([C@H]2Nc3c(ccc4ccccc34)C3=C2C(=O)CCC3)cc(Br)c1O. The molecule has 2 aliphatic rings. The van der Waals surface area contributed by atoms with Crippen LogP contribution in [0.1, 0.15) is 43.4 Å². The minimum absolute atomic E-state index is 0.0754. The first-order valence-electron chi connectivity index (χ1n) is 10.3. The number of hydrogen-bond acceptors (Lipinski definition) is 4. The van der Waals surface area contributed by atoms with Gasteiger partial charge < -0.3 is 15.2 Å². The first-order valence-corrected chi connectivity index (χ1v) is 11.1. The molecule has 5 rings (SSSR count). The summed E-state index contributed by atoms with van der Waals surface area (Å²) in [6, 6.07) is 16.0. The lowest BCUT2D eigenvalue weighted by Gasteiger charge is -2.35. The lowest BCUT2D eigenvalue weighted by atomic mass is 9.77. The molecular formula is C25H22BrNO3. The van der Waals surface area contributed by atoms with E-state index in [1.165, 1.54) is 0 Å². The fraction of sp³-hybridized carbons (Fsp3) is 0.240. The monoisotopic (exact) mass is 463 g/mol. The summed E-state index contributed by atoms with van der Waals surface area (Å²) in [6.45, 7) is 2.33. The van der Waals surface area contributed by atoms with Gasteiger partial charge in [-0.05, 0) is 64.4 Å². The predicted molar refractivity (Wildman–Crippen MR) is 123 cm³/mol. The summed E-state index contributed by atoms with van der Waals surface area (Å²) in [6.07, 6.45) is 2.33. The van der Waals surface area contributed by atoms with E-state index in [0.717, 1.165) is 51.6 Å². The molecule has 0 unspecified atom stereocenters. The third-order valence-electron chi connectivity index (χ3n) is 5.97. The van der Waals surface area contributed by atoms with Gasteiger partial charge in [0.1, 0.15) is 0 Å². The Hall–Kier alpha value is -2.79. The van der Waals surface area contributed by atoms with Crippen molar-refractivity contribution < 1.29 is 14.6 Å². The van der Waals surface area contributed by atoms with E-state index in [1.807, 2.05) is 31.2 Å². The second-order valence-corrected chi connectivity index (χ2v) is 8.59. The highest BCUT2D eigenvalue weighted by atomic mass is 79.9. The smallest absolute Gasteiger partial charge is 0.172 e. The van der Waals surface area contributed by atoms with Gasteiger partial charge in [0.2, 0.25) is 0 Å². The van der Waals surface area contributed by atoms with Crippen molar-refractivity contribution in [3.05, 3.63) is 69.7 Å². The van der Waals surface area contributed by atoms with Gasteiger partial charge in [-0.25, -0.2) is 0 Å². The Bertz CT molecular complexity index is 1210. The maximum atomic E-state index is 13.1. The maximum absolute atomic E-state index is 13.1. The number of phenolic OH excluding ortho intramolecular Hbond substituents is 1. The number of Topliss-reactive ketones (excluding diaryl/α,β-unsaturated/α-hetero) is 1. The number of halogens is 1. The largest absolute Gasteiger partial charge is 0.503 e. The number of carbonyl (C=O) groups excluding carboxylic acids is 1. The zero-order valence-electron chi connectivity index (χ0n) is 16.7. The van der Waals surface area contributed by atoms with Crippen LogP contribution in [-0.4, -0.2) is 17.5 Å². The topological polar surface area (TPSA) is 58.6 Å². The van der Waals surface area contributed by atoms with Crippen LogP contribution in [0.5, 0.6) is 11.5 Å². The summed E-state index contributed by atoms with van der Waals surface area (Å²) < 4.78 is 6.20. The fourth-order valence-electron chi connectivity index (χ4n) is 4.65. The Morgan fingerprint density at radius 3 is 2.83 bits per heavy atom. The molecule has 152 valence electrons. The van der Waals surface area contributed by atoms with Crippen molar-refractivity contribution in [2.24, 2.45) is 0 Å². The summed E-state index contributed by atoms with van der Waals surface area (Å²) in [4.78, 5) is 13.1. The van der Waals surface area contributed by atoms with E-state index in [2.05, 4.69) is 45.5 Å². The number of hydrogen-bond donors (Lipinski definition) is 2. The van der Waals surface area contributed by atoms with E-state index >= 15 is 0 Å². The second-order valence-electron chi connectivity index (χ2n) is 7.74. The number of benzene rings is 3. The molecule has 3 aromatic rings. The molecule has 4 nitrogen and oxygen atoms in total. The number of carbonyl (C=O) groups is 1. The summed E-state index contributed by atoms with van der Waals surface area (Å²) >= 11 is 3.45. The van der Waals surface area contributed by atoms with Crippen LogP contribution in [0.2, 0.25) is 0 Å². The quantitative estimate of drug-likeness (QED) is 0.472. The van der Waals surface area contributed by atoms with Gasteiger partial charge in [-0.3, -0.25) is 4.79 Å².